The van der Waals surface area contributed by atoms with E-state index in [2.05, 4.69) is 15.0 Å². The molecule has 15 heavy (non-hydrogen) atoms. The van der Waals surface area contributed by atoms with Crippen molar-refractivity contribution in [2.45, 2.75) is 0 Å². The van der Waals surface area contributed by atoms with E-state index in [1.807, 2.05) is 18.2 Å². The Balaban J connectivity index is 2.21. The van der Waals surface area contributed by atoms with Gasteiger partial charge in [0.2, 0.25) is 0 Å². The van der Waals surface area contributed by atoms with Gasteiger partial charge in [-0.25, -0.2) is 4.98 Å². The summed E-state index contributed by atoms with van der Waals surface area (Å²) in [4.78, 5) is 10.1. The van der Waals surface area contributed by atoms with Crippen molar-refractivity contribution in [3.05, 3.63) is 36.7 Å². The fourth-order valence-corrected chi connectivity index (χ4v) is 1.68. The molecular weight excluding hydrogens is 190 g/mol. The predicted octanol–water partition coefficient (Wildman–Crippen LogP) is 2.26. The first-order chi connectivity index (χ1) is 7.33. The molecule has 3 aromatic rings. The minimum atomic E-state index is 0.182. The maximum absolute atomic E-state index is 9.30. The van der Waals surface area contributed by atoms with Gasteiger partial charge < -0.3 is 15.1 Å². The van der Waals surface area contributed by atoms with Gasteiger partial charge in [0.1, 0.15) is 5.82 Å². The largest absolute Gasteiger partial charge is 0.495 e. The Labute approximate surface area is 85.6 Å². The lowest BCUT2D eigenvalue weighted by Gasteiger charge is -1.96. The number of fused-ring (bicyclic) bond motifs is 1. The van der Waals surface area contributed by atoms with E-state index in [0.29, 0.717) is 0 Å². The Kier molecular flexibility index (Phi) is 1.56. The van der Waals surface area contributed by atoms with E-state index in [4.69, 9.17) is 0 Å². The highest BCUT2D eigenvalue weighted by atomic mass is 16.3. The number of rotatable bonds is 1. The molecule has 3 rings (SSSR count). The highest BCUT2D eigenvalue weighted by molar-refractivity contribution is 5.85. The molecule has 0 bridgehead atoms. The molecule has 0 aliphatic rings. The maximum atomic E-state index is 9.30. The Morgan fingerprint density at radius 1 is 1.20 bits per heavy atom. The summed E-state index contributed by atoms with van der Waals surface area (Å²) in [5.41, 5.74) is 1.90. The summed E-state index contributed by atoms with van der Waals surface area (Å²) in [5.74, 6) is 1.01. The number of hydrogen-bond acceptors (Lipinski definition) is 2. The molecule has 0 spiro atoms. The molecule has 0 aliphatic heterocycles. The molecule has 2 aromatic heterocycles. The first-order valence-electron chi connectivity index (χ1n) is 4.64. The Hall–Kier alpha value is -2.23. The fraction of sp³-hybridized carbons (Fsp3) is 0. The van der Waals surface area contributed by atoms with Crippen LogP contribution in [0.15, 0.2) is 36.7 Å². The third kappa shape index (κ3) is 1.27. The van der Waals surface area contributed by atoms with Gasteiger partial charge in [-0.3, -0.25) is 0 Å². The minimum Gasteiger partial charge on any atom is -0.495 e. The molecule has 0 saturated carbocycles. The molecule has 0 amide bonds. The quantitative estimate of drug-likeness (QED) is 0.562. The van der Waals surface area contributed by atoms with E-state index in [0.717, 1.165) is 22.3 Å². The van der Waals surface area contributed by atoms with Crippen LogP contribution in [0.2, 0.25) is 0 Å². The van der Waals surface area contributed by atoms with Gasteiger partial charge in [0.05, 0.1) is 0 Å². The van der Waals surface area contributed by atoms with E-state index < -0.39 is 0 Å². The average molecular weight is 199 g/mol. The molecule has 1 aromatic carbocycles. The van der Waals surface area contributed by atoms with E-state index >= 15 is 0 Å². The lowest BCUT2D eigenvalue weighted by Crippen LogP contribution is -1.79. The molecule has 0 saturated heterocycles. The van der Waals surface area contributed by atoms with E-state index in [9.17, 15) is 5.11 Å². The van der Waals surface area contributed by atoms with Gasteiger partial charge in [-0.1, -0.05) is 12.1 Å². The van der Waals surface area contributed by atoms with Gasteiger partial charge in [0, 0.05) is 34.9 Å². The van der Waals surface area contributed by atoms with Gasteiger partial charge >= 0.3 is 0 Å². The molecule has 74 valence electrons. The molecule has 4 heteroatoms. The summed E-state index contributed by atoms with van der Waals surface area (Å²) in [7, 11) is 0. The molecule has 4 nitrogen and oxygen atoms in total. The summed E-state index contributed by atoms with van der Waals surface area (Å²) in [6, 6.07) is 7.56. The third-order valence-corrected chi connectivity index (χ3v) is 2.38. The number of aromatic nitrogens is 3. The van der Waals surface area contributed by atoms with Crippen LogP contribution < -0.4 is 0 Å². The van der Waals surface area contributed by atoms with Gasteiger partial charge in [-0.2, -0.15) is 0 Å². The average Bonchev–Trinajstić information content (AvgIpc) is 2.82. The maximum Gasteiger partial charge on any atom is 0.189 e. The van der Waals surface area contributed by atoms with Crippen LogP contribution in [0.25, 0.3) is 22.3 Å². The summed E-state index contributed by atoms with van der Waals surface area (Å²) in [5, 5.41) is 10.3. The van der Waals surface area contributed by atoms with Gasteiger partial charge in [-0.05, 0) is 6.07 Å². The van der Waals surface area contributed by atoms with Crippen LogP contribution in [0.3, 0.4) is 0 Å². The second-order valence-corrected chi connectivity index (χ2v) is 3.39. The van der Waals surface area contributed by atoms with Gasteiger partial charge in [0.25, 0.3) is 0 Å². The van der Waals surface area contributed by atoms with Crippen LogP contribution in [0, 0.1) is 0 Å². The highest BCUT2D eigenvalue weighted by Crippen LogP contribution is 2.24. The lowest BCUT2D eigenvalue weighted by atomic mass is 10.1. The molecule has 0 atom stereocenters. The van der Waals surface area contributed by atoms with Crippen LogP contribution >= 0.6 is 0 Å². The van der Waals surface area contributed by atoms with E-state index in [1.54, 1.807) is 18.5 Å². The summed E-state index contributed by atoms with van der Waals surface area (Å²) in [6.07, 6.45) is 3.50. The molecule has 0 aliphatic carbocycles. The number of nitrogens with zero attached hydrogens (tertiary/aromatic N) is 1. The molecule has 2 heterocycles. The van der Waals surface area contributed by atoms with E-state index in [-0.39, 0.29) is 5.88 Å². The number of imidazole rings is 1. The van der Waals surface area contributed by atoms with Crippen molar-refractivity contribution in [1.82, 2.24) is 15.0 Å². The lowest BCUT2D eigenvalue weighted by molar-refractivity contribution is 0.458. The Morgan fingerprint density at radius 3 is 2.93 bits per heavy atom. The number of nitrogens with one attached hydrogen (secondary N) is 2. The minimum absolute atomic E-state index is 0.182. The van der Waals surface area contributed by atoms with Crippen LogP contribution in [0.1, 0.15) is 0 Å². The molecule has 0 unspecified atom stereocenters. The standard InChI is InChI=1S/C11H9N3O/c15-10-6-7-1-2-8(5-9(7)14-10)11-12-3-4-13-11/h1-6,14-15H,(H,12,13). The smallest absolute Gasteiger partial charge is 0.189 e. The Bertz CT molecular complexity index is 595. The zero-order valence-electron chi connectivity index (χ0n) is 7.86. The second-order valence-electron chi connectivity index (χ2n) is 3.39. The zero-order chi connectivity index (χ0) is 10.3. The highest BCUT2D eigenvalue weighted by Gasteiger charge is 2.03. The molecule has 0 fully saturated rings. The molecular formula is C11H9N3O. The number of H-pyrrole nitrogens is 2. The number of aromatic amines is 2. The number of aromatic hydroxyl groups is 1. The normalized spacial score (nSPS) is 10.9. The van der Waals surface area contributed by atoms with Crippen molar-refractivity contribution in [2.24, 2.45) is 0 Å². The third-order valence-electron chi connectivity index (χ3n) is 2.38. The SMILES string of the molecule is Oc1cc2ccc(-c3ncc[nH]3)cc2[nH]1. The van der Waals surface area contributed by atoms with Crippen molar-refractivity contribution in [3.63, 3.8) is 0 Å². The van der Waals surface area contributed by atoms with Crippen molar-refractivity contribution in [1.29, 1.82) is 0 Å². The van der Waals surface area contributed by atoms with Crippen LogP contribution in [-0.4, -0.2) is 20.1 Å². The molecule has 3 N–H and O–H groups in total. The van der Waals surface area contributed by atoms with Gasteiger partial charge in [0.15, 0.2) is 5.88 Å². The van der Waals surface area contributed by atoms with Gasteiger partial charge in [-0.15, -0.1) is 0 Å². The monoisotopic (exact) mass is 199 g/mol. The number of hydrogen-bond donors (Lipinski definition) is 3. The first kappa shape index (κ1) is 8.11. The van der Waals surface area contributed by atoms with Crippen molar-refractivity contribution in [2.75, 3.05) is 0 Å². The number of benzene rings is 1. The summed E-state index contributed by atoms with van der Waals surface area (Å²) >= 11 is 0. The van der Waals surface area contributed by atoms with Crippen molar-refractivity contribution in [3.8, 4) is 17.3 Å². The molecule has 0 radical (unpaired) electrons. The second kappa shape index (κ2) is 2.88. The zero-order valence-corrected chi connectivity index (χ0v) is 7.86. The first-order valence-corrected chi connectivity index (χ1v) is 4.64. The topological polar surface area (TPSA) is 64.7 Å². The fourth-order valence-electron chi connectivity index (χ4n) is 1.68. The van der Waals surface area contributed by atoms with Crippen LogP contribution in [-0.2, 0) is 0 Å². The van der Waals surface area contributed by atoms with Crippen molar-refractivity contribution >= 4 is 10.9 Å². The van der Waals surface area contributed by atoms with Crippen LogP contribution in [0.4, 0.5) is 0 Å². The van der Waals surface area contributed by atoms with E-state index in [1.165, 1.54) is 0 Å². The summed E-state index contributed by atoms with van der Waals surface area (Å²) in [6.45, 7) is 0. The van der Waals surface area contributed by atoms with Crippen molar-refractivity contribution < 1.29 is 5.11 Å². The Morgan fingerprint density at radius 2 is 2.13 bits per heavy atom. The van der Waals surface area contributed by atoms with Crippen LogP contribution in [0.5, 0.6) is 5.88 Å². The summed E-state index contributed by atoms with van der Waals surface area (Å²) < 4.78 is 0. The predicted molar refractivity (Wildman–Crippen MR) is 57.5 cm³/mol.